The van der Waals surface area contributed by atoms with Gasteiger partial charge in [-0.3, -0.25) is 4.79 Å². The molecule has 1 amide bonds. The highest BCUT2D eigenvalue weighted by atomic mass is 19.1. The molecule has 0 bridgehead atoms. The van der Waals surface area contributed by atoms with Gasteiger partial charge in [-0.2, -0.15) is 0 Å². The van der Waals surface area contributed by atoms with E-state index in [0.717, 1.165) is 27.8 Å². The molecule has 0 aliphatic carbocycles. The molecule has 4 nitrogen and oxygen atoms in total. The van der Waals surface area contributed by atoms with Crippen LogP contribution < -0.4 is 10.1 Å². The van der Waals surface area contributed by atoms with Crippen molar-refractivity contribution < 1.29 is 13.9 Å². The molecule has 1 unspecified atom stereocenters. The maximum Gasteiger partial charge on any atom is 0.220 e. The van der Waals surface area contributed by atoms with E-state index in [9.17, 15) is 9.18 Å². The molecule has 3 aromatic rings. The lowest BCUT2D eigenvalue weighted by atomic mass is 10.1. The SMILES string of the molecule is COc1ccc(C)cc1CNC(=O)CCC(C)n1ccc2cc(F)ccc21. The number of halogens is 1. The van der Waals surface area contributed by atoms with Gasteiger partial charge < -0.3 is 14.6 Å². The second-order valence-electron chi connectivity index (χ2n) is 6.91. The number of fused-ring (bicyclic) bond motifs is 1. The van der Waals surface area contributed by atoms with E-state index >= 15 is 0 Å². The summed E-state index contributed by atoms with van der Waals surface area (Å²) in [5.41, 5.74) is 3.08. The zero-order valence-corrected chi connectivity index (χ0v) is 16.0. The Morgan fingerprint density at radius 1 is 1.22 bits per heavy atom. The maximum atomic E-state index is 13.3. The van der Waals surface area contributed by atoms with Gasteiger partial charge in [-0.1, -0.05) is 17.7 Å². The van der Waals surface area contributed by atoms with Crippen molar-refractivity contribution in [2.45, 2.75) is 39.3 Å². The van der Waals surface area contributed by atoms with Gasteiger partial charge in [0, 0.05) is 41.7 Å². The Hall–Kier alpha value is -2.82. The van der Waals surface area contributed by atoms with Gasteiger partial charge in [0.15, 0.2) is 0 Å². The van der Waals surface area contributed by atoms with E-state index in [2.05, 4.69) is 16.8 Å². The zero-order chi connectivity index (χ0) is 19.4. The summed E-state index contributed by atoms with van der Waals surface area (Å²) in [7, 11) is 1.63. The van der Waals surface area contributed by atoms with Crippen LogP contribution in [0.15, 0.2) is 48.7 Å². The number of carbonyl (C=O) groups excluding carboxylic acids is 1. The van der Waals surface area contributed by atoms with Crippen LogP contribution in [-0.4, -0.2) is 17.6 Å². The highest BCUT2D eigenvalue weighted by molar-refractivity contribution is 5.80. The molecule has 1 aromatic heterocycles. The van der Waals surface area contributed by atoms with Gasteiger partial charge in [0.25, 0.3) is 0 Å². The average molecular weight is 368 g/mol. The zero-order valence-electron chi connectivity index (χ0n) is 16.0. The number of aromatic nitrogens is 1. The van der Waals surface area contributed by atoms with E-state index in [-0.39, 0.29) is 17.8 Å². The van der Waals surface area contributed by atoms with Crippen LogP contribution in [0.1, 0.15) is 36.9 Å². The normalized spacial score (nSPS) is 12.1. The van der Waals surface area contributed by atoms with Crippen molar-refractivity contribution in [3.63, 3.8) is 0 Å². The molecule has 0 saturated heterocycles. The van der Waals surface area contributed by atoms with Gasteiger partial charge in [0.05, 0.1) is 7.11 Å². The van der Waals surface area contributed by atoms with Crippen LogP contribution in [0.3, 0.4) is 0 Å². The van der Waals surface area contributed by atoms with Gasteiger partial charge in [-0.05, 0) is 50.6 Å². The highest BCUT2D eigenvalue weighted by Crippen LogP contribution is 2.24. The monoisotopic (exact) mass is 368 g/mol. The number of nitrogens with one attached hydrogen (secondary N) is 1. The van der Waals surface area contributed by atoms with Crippen molar-refractivity contribution in [3.8, 4) is 5.75 Å². The molecule has 1 atom stereocenters. The summed E-state index contributed by atoms with van der Waals surface area (Å²) in [6.07, 6.45) is 3.08. The largest absolute Gasteiger partial charge is 0.496 e. The molecule has 0 spiro atoms. The van der Waals surface area contributed by atoms with Gasteiger partial charge in [-0.25, -0.2) is 4.39 Å². The second-order valence-corrected chi connectivity index (χ2v) is 6.91. The molecule has 1 heterocycles. The quantitative estimate of drug-likeness (QED) is 0.654. The number of ether oxygens (including phenoxy) is 1. The molecule has 0 radical (unpaired) electrons. The van der Waals surface area contributed by atoms with E-state index in [1.807, 2.05) is 37.4 Å². The van der Waals surface area contributed by atoms with Crippen LogP contribution in [0.5, 0.6) is 5.75 Å². The molecule has 5 heteroatoms. The number of aryl methyl sites for hydroxylation is 1. The second kappa shape index (κ2) is 8.25. The van der Waals surface area contributed by atoms with Crippen LogP contribution in [0.25, 0.3) is 10.9 Å². The predicted molar refractivity (Wildman–Crippen MR) is 105 cm³/mol. The molecule has 142 valence electrons. The summed E-state index contributed by atoms with van der Waals surface area (Å²) in [5.74, 6) is 0.548. The van der Waals surface area contributed by atoms with Crippen molar-refractivity contribution in [1.82, 2.24) is 9.88 Å². The van der Waals surface area contributed by atoms with Crippen molar-refractivity contribution in [2.75, 3.05) is 7.11 Å². The van der Waals surface area contributed by atoms with E-state index in [0.29, 0.717) is 19.4 Å². The molecule has 27 heavy (non-hydrogen) atoms. The van der Waals surface area contributed by atoms with Crippen molar-refractivity contribution in [1.29, 1.82) is 0 Å². The number of amides is 1. The Labute approximate surface area is 158 Å². The summed E-state index contributed by atoms with van der Waals surface area (Å²) >= 11 is 0. The number of hydrogen-bond acceptors (Lipinski definition) is 2. The number of benzene rings is 2. The molecular formula is C22H25FN2O2. The highest BCUT2D eigenvalue weighted by Gasteiger charge is 2.12. The van der Waals surface area contributed by atoms with Crippen LogP contribution in [0.2, 0.25) is 0 Å². The van der Waals surface area contributed by atoms with Gasteiger partial charge in [-0.15, -0.1) is 0 Å². The molecule has 0 aliphatic heterocycles. The summed E-state index contributed by atoms with van der Waals surface area (Å²) in [6, 6.07) is 12.7. The third-order valence-electron chi connectivity index (χ3n) is 4.86. The third kappa shape index (κ3) is 4.48. The van der Waals surface area contributed by atoms with Crippen LogP contribution in [-0.2, 0) is 11.3 Å². The van der Waals surface area contributed by atoms with Crippen molar-refractivity contribution in [3.05, 3.63) is 65.6 Å². The topological polar surface area (TPSA) is 43.3 Å². The number of nitrogens with zero attached hydrogens (tertiary/aromatic N) is 1. The Bertz CT molecular complexity index is 949. The van der Waals surface area contributed by atoms with Crippen molar-refractivity contribution in [2.24, 2.45) is 0 Å². The van der Waals surface area contributed by atoms with Crippen LogP contribution in [0, 0.1) is 12.7 Å². The fraction of sp³-hybridized carbons (Fsp3) is 0.318. The fourth-order valence-electron chi connectivity index (χ4n) is 3.33. The first-order valence-electron chi connectivity index (χ1n) is 9.14. The van der Waals surface area contributed by atoms with Crippen LogP contribution >= 0.6 is 0 Å². The third-order valence-corrected chi connectivity index (χ3v) is 4.86. The van der Waals surface area contributed by atoms with E-state index in [1.165, 1.54) is 12.1 Å². The van der Waals surface area contributed by atoms with E-state index in [4.69, 9.17) is 4.74 Å². The lowest BCUT2D eigenvalue weighted by Crippen LogP contribution is -2.23. The first-order chi connectivity index (χ1) is 13.0. The molecule has 0 fully saturated rings. The number of carbonyl (C=O) groups is 1. The maximum absolute atomic E-state index is 13.3. The van der Waals surface area contributed by atoms with Gasteiger partial charge >= 0.3 is 0 Å². The summed E-state index contributed by atoms with van der Waals surface area (Å²) in [5, 5.41) is 3.84. The first-order valence-corrected chi connectivity index (χ1v) is 9.14. The minimum atomic E-state index is -0.237. The van der Waals surface area contributed by atoms with Gasteiger partial charge in [0.2, 0.25) is 5.91 Å². The summed E-state index contributed by atoms with van der Waals surface area (Å²) < 4.78 is 20.8. The average Bonchev–Trinajstić information content (AvgIpc) is 3.07. The minimum absolute atomic E-state index is 0.00733. The lowest BCUT2D eigenvalue weighted by molar-refractivity contribution is -0.121. The number of methoxy groups -OCH3 is 1. The molecule has 0 saturated carbocycles. The van der Waals surface area contributed by atoms with Crippen LogP contribution in [0.4, 0.5) is 4.39 Å². The minimum Gasteiger partial charge on any atom is -0.496 e. The number of rotatable bonds is 7. The fourth-order valence-corrected chi connectivity index (χ4v) is 3.33. The summed E-state index contributed by atoms with van der Waals surface area (Å²) in [6.45, 7) is 4.53. The summed E-state index contributed by atoms with van der Waals surface area (Å²) in [4.78, 5) is 12.3. The molecule has 1 N–H and O–H groups in total. The number of hydrogen-bond donors (Lipinski definition) is 1. The van der Waals surface area contributed by atoms with Gasteiger partial charge in [0.1, 0.15) is 11.6 Å². The Balaban J connectivity index is 1.56. The predicted octanol–water partition coefficient (Wildman–Crippen LogP) is 4.76. The van der Waals surface area contributed by atoms with E-state index < -0.39 is 0 Å². The molecule has 3 rings (SSSR count). The standard InChI is InChI=1S/C22H25FN2O2/c1-15-4-8-21(27-3)18(12-15)14-24-22(26)9-5-16(2)25-11-10-17-13-19(23)6-7-20(17)25/h4,6-8,10-13,16H,5,9,14H2,1-3H3,(H,24,26). The Morgan fingerprint density at radius 2 is 2.04 bits per heavy atom. The first kappa shape index (κ1) is 19.0. The Kier molecular flexibility index (Phi) is 5.79. The smallest absolute Gasteiger partial charge is 0.220 e. The molecule has 2 aromatic carbocycles. The van der Waals surface area contributed by atoms with E-state index in [1.54, 1.807) is 13.2 Å². The molecule has 0 aliphatic rings. The molecular weight excluding hydrogens is 343 g/mol. The lowest BCUT2D eigenvalue weighted by Gasteiger charge is -2.16. The van der Waals surface area contributed by atoms with Crippen molar-refractivity contribution >= 4 is 16.8 Å². The Morgan fingerprint density at radius 3 is 2.81 bits per heavy atom.